The zero-order valence-corrected chi connectivity index (χ0v) is 13.7. The van der Waals surface area contributed by atoms with Crippen molar-refractivity contribution in [2.24, 2.45) is 0 Å². The van der Waals surface area contributed by atoms with Crippen LogP contribution >= 0.6 is 0 Å². The van der Waals surface area contributed by atoms with Gasteiger partial charge in [-0.1, -0.05) is 0 Å². The van der Waals surface area contributed by atoms with E-state index < -0.39 is 11.9 Å². The molecule has 134 valence electrons. The van der Waals surface area contributed by atoms with Gasteiger partial charge in [-0.25, -0.2) is 4.98 Å². The number of aromatic nitrogens is 3. The van der Waals surface area contributed by atoms with E-state index in [-0.39, 0.29) is 0 Å². The first kappa shape index (κ1) is 16.7. The van der Waals surface area contributed by atoms with Crippen LogP contribution in [-0.4, -0.2) is 34.1 Å². The van der Waals surface area contributed by atoms with E-state index in [9.17, 15) is 13.2 Å². The lowest BCUT2D eigenvalue weighted by Crippen LogP contribution is -2.22. The minimum Gasteiger partial charge on any atom is -0.379 e. The van der Waals surface area contributed by atoms with Crippen molar-refractivity contribution in [1.82, 2.24) is 20.3 Å². The Bertz CT molecular complexity index is 918. The molecule has 1 saturated heterocycles. The maximum Gasteiger partial charge on any atom is 0.433 e. The molecule has 26 heavy (non-hydrogen) atoms. The molecular weight excluding hydrogens is 343 g/mol. The third-order valence-electron chi connectivity index (χ3n) is 4.35. The molecule has 0 aliphatic carbocycles. The van der Waals surface area contributed by atoms with Gasteiger partial charge in [0, 0.05) is 30.5 Å². The lowest BCUT2D eigenvalue weighted by Gasteiger charge is -2.14. The molecule has 4 rings (SSSR count). The fourth-order valence-corrected chi connectivity index (χ4v) is 3.01. The highest BCUT2D eigenvalue weighted by Gasteiger charge is 2.32. The number of anilines is 1. The van der Waals surface area contributed by atoms with Crippen molar-refractivity contribution in [1.29, 1.82) is 0 Å². The van der Waals surface area contributed by atoms with Gasteiger partial charge in [0.15, 0.2) is 0 Å². The van der Waals surface area contributed by atoms with Crippen LogP contribution in [0.5, 0.6) is 0 Å². The smallest absolute Gasteiger partial charge is 0.379 e. The summed E-state index contributed by atoms with van der Waals surface area (Å²) in [7, 11) is 0. The number of rotatable bonds is 3. The van der Waals surface area contributed by atoms with Gasteiger partial charge in [0.25, 0.3) is 0 Å². The van der Waals surface area contributed by atoms with Crippen LogP contribution in [0.15, 0.2) is 42.7 Å². The topological polar surface area (TPSA) is 62.7 Å². The van der Waals surface area contributed by atoms with Crippen molar-refractivity contribution in [3.63, 3.8) is 0 Å². The summed E-state index contributed by atoms with van der Waals surface area (Å²) in [5.41, 5.74) is 2.45. The molecule has 4 heterocycles. The van der Waals surface area contributed by atoms with Crippen LogP contribution in [0.1, 0.15) is 12.1 Å². The van der Waals surface area contributed by atoms with Crippen molar-refractivity contribution < 1.29 is 13.2 Å². The average molecular weight is 359 g/mol. The van der Waals surface area contributed by atoms with Crippen molar-refractivity contribution in [2.45, 2.75) is 18.6 Å². The number of nitrogens with one attached hydrogen (secondary N) is 2. The first-order chi connectivity index (χ1) is 12.5. The minimum absolute atomic E-state index is 0.318. The predicted octanol–water partition coefficient (Wildman–Crippen LogP) is 3.48. The van der Waals surface area contributed by atoms with Gasteiger partial charge in [-0.2, -0.15) is 13.2 Å². The number of fused-ring (bicyclic) bond motifs is 1. The maximum absolute atomic E-state index is 12.7. The molecule has 0 radical (unpaired) electrons. The molecule has 1 aliphatic rings. The Hall–Kier alpha value is -2.74. The second-order valence-electron chi connectivity index (χ2n) is 6.19. The highest BCUT2D eigenvalue weighted by atomic mass is 19.4. The summed E-state index contributed by atoms with van der Waals surface area (Å²) in [6.07, 6.45) is -0.520. The zero-order chi connectivity index (χ0) is 18.1. The SMILES string of the molecule is FC(F)(F)c1ccc(-c2ccc3nccc(N[C@@H]4CCNC4)c3n2)cn1. The summed E-state index contributed by atoms with van der Waals surface area (Å²) in [6, 6.07) is 8.08. The molecule has 0 unspecified atom stereocenters. The second-order valence-corrected chi connectivity index (χ2v) is 6.19. The average Bonchev–Trinajstić information content (AvgIpc) is 3.14. The predicted molar refractivity (Wildman–Crippen MR) is 92.7 cm³/mol. The number of pyridine rings is 3. The molecular formula is C18H16F3N5. The Morgan fingerprint density at radius 1 is 1.08 bits per heavy atom. The Kier molecular flexibility index (Phi) is 4.20. The highest BCUT2D eigenvalue weighted by molar-refractivity contribution is 5.89. The molecule has 1 atom stereocenters. The summed E-state index contributed by atoms with van der Waals surface area (Å²) in [6.45, 7) is 1.85. The van der Waals surface area contributed by atoms with Crippen LogP contribution in [0.4, 0.5) is 18.9 Å². The Labute approximate surface area is 147 Å². The largest absolute Gasteiger partial charge is 0.433 e. The van der Waals surface area contributed by atoms with Crippen LogP contribution in [0, 0.1) is 0 Å². The van der Waals surface area contributed by atoms with E-state index in [1.165, 1.54) is 12.3 Å². The monoisotopic (exact) mass is 359 g/mol. The molecule has 1 fully saturated rings. The quantitative estimate of drug-likeness (QED) is 0.750. The van der Waals surface area contributed by atoms with Crippen LogP contribution in [-0.2, 0) is 6.18 Å². The normalized spacial score (nSPS) is 17.6. The molecule has 0 saturated carbocycles. The van der Waals surface area contributed by atoms with E-state index in [2.05, 4.69) is 25.6 Å². The van der Waals surface area contributed by atoms with Gasteiger partial charge in [0.1, 0.15) is 11.2 Å². The number of halogens is 3. The number of alkyl halides is 3. The van der Waals surface area contributed by atoms with Crippen LogP contribution < -0.4 is 10.6 Å². The van der Waals surface area contributed by atoms with E-state index >= 15 is 0 Å². The molecule has 5 nitrogen and oxygen atoms in total. The molecule has 1 aliphatic heterocycles. The Morgan fingerprint density at radius 3 is 2.65 bits per heavy atom. The number of hydrogen-bond donors (Lipinski definition) is 2. The van der Waals surface area contributed by atoms with Gasteiger partial charge < -0.3 is 10.6 Å². The highest BCUT2D eigenvalue weighted by Crippen LogP contribution is 2.29. The van der Waals surface area contributed by atoms with Gasteiger partial charge in [-0.3, -0.25) is 9.97 Å². The fourth-order valence-electron chi connectivity index (χ4n) is 3.01. The summed E-state index contributed by atoms with van der Waals surface area (Å²) >= 11 is 0. The van der Waals surface area contributed by atoms with Gasteiger partial charge in [-0.05, 0) is 43.3 Å². The summed E-state index contributed by atoms with van der Waals surface area (Å²) in [4.78, 5) is 12.4. The van der Waals surface area contributed by atoms with E-state index in [4.69, 9.17) is 0 Å². The van der Waals surface area contributed by atoms with E-state index in [0.717, 1.165) is 36.8 Å². The molecule has 0 amide bonds. The van der Waals surface area contributed by atoms with Crippen molar-refractivity contribution in [3.05, 3.63) is 48.4 Å². The summed E-state index contributed by atoms with van der Waals surface area (Å²) < 4.78 is 38.0. The molecule has 0 bridgehead atoms. The van der Waals surface area contributed by atoms with Crippen LogP contribution in [0.3, 0.4) is 0 Å². The van der Waals surface area contributed by atoms with Gasteiger partial charge >= 0.3 is 6.18 Å². The first-order valence-electron chi connectivity index (χ1n) is 8.27. The second kappa shape index (κ2) is 6.53. The third kappa shape index (κ3) is 3.32. The lowest BCUT2D eigenvalue weighted by molar-refractivity contribution is -0.141. The van der Waals surface area contributed by atoms with Crippen molar-refractivity contribution >= 4 is 16.7 Å². The van der Waals surface area contributed by atoms with Crippen LogP contribution in [0.25, 0.3) is 22.3 Å². The Balaban J connectivity index is 1.70. The van der Waals surface area contributed by atoms with Crippen molar-refractivity contribution in [2.75, 3.05) is 18.4 Å². The molecule has 0 spiro atoms. The third-order valence-corrected chi connectivity index (χ3v) is 4.35. The standard InChI is InChI=1S/C18H16F3N5/c19-18(20,21)16-4-1-11(9-24-16)13-2-3-14-17(26-13)15(6-8-23-14)25-12-5-7-22-10-12/h1-4,6,8-9,12,22H,5,7,10H2,(H,23,25)/t12-/m1/s1. The zero-order valence-electron chi connectivity index (χ0n) is 13.7. The van der Waals surface area contributed by atoms with E-state index in [0.29, 0.717) is 22.8 Å². The first-order valence-corrected chi connectivity index (χ1v) is 8.27. The lowest BCUT2D eigenvalue weighted by atomic mass is 10.1. The summed E-state index contributed by atoms with van der Waals surface area (Å²) in [5, 5.41) is 6.76. The number of hydrogen-bond acceptors (Lipinski definition) is 5. The molecule has 2 N–H and O–H groups in total. The van der Waals surface area contributed by atoms with Crippen molar-refractivity contribution in [3.8, 4) is 11.3 Å². The van der Waals surface area contributed by atoms with Gasteiger partial charge in [-0.15, -0.1) is 0 Å². The van der Waals surface area contributed by atoms with E-state index in [1.54, 1.807) is 12.3 Å². The molecule has 3 aromatic rings. The van der Waals surface area contributed by atoms with Gasteiger partial charge in [0.2, 0.25) is 0 Å². The number of nitrogens with zero attached hydrogens (tertiary/aromatic N) is 3. The minimum atomic E-state index is -4.45. The molecule has 0 aromatic carbocycles. The molecule has 8 heteroatoms. The molecule has 3 aromatic heterocycles. The Morgan fingerprint density at radius 2 is 1.96 bits per heavy atom. The van der Waals surface area contributed by atoms with Gasteiger partial charge in [0.05, 0.1) is 16.9 Å². The maximum atomic E-state index is 12.7. The van der Waals surface area contributed by atoms with E-state index in [1.807, 2.05) is 12.1 Å². The fraction of sp³-hybridized carbons (Fsp3) is 0.278. The van der Waals surface area contributed by atoms with Crippen LogP contribution in [0.2, 0.25) is 0 Å². The summed E-state index contributed by atoms with van der Waals surface area (Å²) in [5.74, 6) is 0.